The van der Waals surface area contributed by atoms with E-state index in [1.54, 1.807) is 12.4 Å². The molecule has 3 rings (SSSR count). The van der Waals surface area contributed by atoms with Crippen molar-refractivity contribution in [1.29, 1.82) is 0 Å². The number of carbonyl (C=O) groups is 2. The van der Waals surface area contributed by atoms with Crippen molar-refractivity contribution in [3.63, 3.8) is 0 Å². The summed E-state index contributed by atoms with van der Waals surface area (Å²) in [5.41, 5.74) is 0.866. The third kappa shape index (κ3) is 5.04. The second-order valence-corrected chi connectivity index (χ2v) is 7.32. The number of carbonyl (C=O) groups excluding carboxylic acids is 2. The van der Waals surface area contributed by atoms with Crippen LogP contribution in [0, 0.1) is 5.92 Å². The average Bonchev–Trinajstić information content (AvgIpc) is 3.12. The summed E-state index contributed by atoms with van der Waals surface area (Å²) in [5, 5.41) is 12.6. The van der Waals surface area contributed by atoms with Gasteiger partial charge in [-0.3, -0.25) is 20.2 Å². The van der Waals surface area contributed by atoms with Crippen LogP contribution in [0.5, 0.6) is 0 Å². The first-order valence-corrected chi connectivity index (χ1v) is 9.66. The molecule has 9 heteroatoms. The standard InChI is InChI=1S/C17H22N6O2S/c1-11-4-2-3-5-13(11)19-16(25)20-14(24)10-26-17-21-15(22-23-17)12-6-8-18-9-7-12/h6-9,11,13H,2-5,10H2,1H3,(H,21,22,23)(H2,19,20,24,25)/t11-,13+/m0/s1. The zero-order valence-corrected chi connectivity index (χ0v) is 15.4. The lowest BCUT2D eigenvalue weighted by atomic mass is 9.86. The Kier molecular flexibility index (Phi) is 6.21. The summed E-state index contributed by atoms with van der Waals surface area (Å²) in [4.78, 5) is 32.2. The normalized spacial score (nSPS) is 19.7. The summed E-state index contributed by atoms with van der Waals surface area (Å²) < 4.78 is 0. The maximum atomic E-state index is 12.0. The Labute approximate surface area is 156 Å². The van der Waals surface area contributed by atoms with Crippen molar-refractivity contribution in [2.24, 2.45) is 5.92 Å². The number of pyridine rings is 1. The van der Waals surface area contributed by atoms with Gasteiger partial charge in [0.05, 0.1) is 5.75 Å². The van der Waals surface area contributed by atoms with Crippen LogP contribution in [0.15, 0.2) is 29.7 Å². The van der Waals surface area contributed by atoms with Crippen LogP contribution in [-0.2, 0) is 4.79 Å². The van der Waals surface area contributed by atoms with Crippen LogP contribution in [0.4, 0.5) is 4.79 Å². The summed E-state index contributed by atoms with van der Waals surface area (Å²) in [5.74, 6) is 0.755. The molecule has 0 unspecified atom stereocenters. The number of thioether (sulfide) groups is 1. The number of urea groups is 1. The molecule has 2 aromatic heterocycles. The smallest absolute Gasteiger partial charge is 0.321 e. The minimum Gasteiger partial charge on any atom is -0.335 e. The average molecular weight is 374 g/mol. The molecule has 138 valence electrons. The van der Waals surface area contributed by atoms with E-state index >= 15 is 0 Å². The lowest BCUT2D eigenvalue weighted by molar-refractivity contribution is -0.117. The van der Waals surface area contributed by atoms with E-state index in [-0.39, 0.29) is 17.7 Å². The van der Waals surface area contributed by atoms with Gasteiger partial charge in [0.1, 0.15) is 0 Å². The van der Waals surface area contributed by atoms with Gasteiger partial charge in [0, 0.05) is 24.0 Å². The number of H-pyrrole nitrogens is 1. The molecule has 3 N–H and O–H groups in total. The minimum absolute atomic E-state index is 0.0707. The summed E-state index contributed by atoms with van der Waals surface area (Å²) in [7, 11) is 0. The Bertz CT molecular complexity index is 751. The molecule has 0 radical (unpaired) electrons. The van der Waals surface area contributed by atoms with E-state index < -0.39 is 6.03 Å². The Balaban J connectivity index is 1.44. The Morgan fingerprint density at radius 1 is 1.27 bits per heavy atom. The second kappa shape index (κ2) is 8.79. The summed E-state index contributed by atoms with van der Waals surface area (Å²) >= 11 is 1.17. The van der Waals surface area contributed by atoms with E-state index in [4.69, 9.17) is 0 Å². The highest BCUT2D eigenvalue weighted by molar-refractivity contribution is 7.99. The second-order valence-electron chi connectivity index (χ2n) is 6.38. The first kappa shape index (κ1) is 18.4. The van der Waals surface area contributed by atoms with Gasteiger partial charge < -0.3 is 5.32 Å². The van der Waals surface area contributed by atoms with Gasteiger partial charge in [-0.2, -0.15) is 0 Å². The quantitative estimate of drug-likeness (QED) is 0.693. The van der Waals surface area contributed by atoms with Crippen molar-refractivity contribution in [2.45, 2.75) is 43.8 Å². The van der Waals surface area contributed by atoms with Crippen molar-refractivity contribution in [3.8, 4) is 11.4 Å². The highest BCUT2D eigenvalue weighted by Crippen LogP contribution is 2.23. The fourth-order valence-corrected chi connectivity index (χ4v) is 3.58. The van der Waals surface area contributed by atoms with Crippen LogP contribution in [0.3, 0.4) is 0 Å². The molecule has 1 aliphatic rings. The molecule has 3 amide bonds. The number of imide groups is 1. The molecular weight excluding hydrogens is 352 g/mol. The van der Waals surface area contributed by atoms with Gasteiger partial charge in [-0.15, -0.1) is 5.10 Å². The molecule has 0 aliphatic heterocycles. The number of aromatic amines is 1. The van der Waals surface area contributed by atoms with E-state index in [1.165, 1.54) is 18.2 Å². The molecule has 2 atom stereocenters. The largest absolute Gasteiger partial charge is 0.335 e. The summed E-state index contributed by atoms with van der Waals surface area (Å²) in [6, 6.07) is 3.35. The number of rotatable bonds is 5. The molecule has 8 nitrogen and oxygen atoms in total. The monoisotopic (exact) mass is 374 g/mol. The first-order chi connectivity index (χ1) is 12.6. The third-order valence-corrected chi connectivity index (χ3v) is 5.28. The Morgan fingerprint density at radius 3 is 2.81 bits per heavy atom. The van der Waals surface area contributed by atoms with E-state index in [0.29, 0.717) is 16.9 Å². The number of amides is 3. The molecule has 0 aromatic carbocycles. The van der Waals surface area contributed by atoms with Crippen molar-refractivity contribution in [3.05, 3.63) is 24.5 Å². The molecule has 2 heterocycles. The van der Waals surface area contributed by atoms with Gasteiger partial charge >= 0.3 is 6.03 Å². The Morgan fingerprint density at radius 2 is 2.04 bits per heavy atom. The van der Waals surface area contributed by atoms with Crippen LogP contribution in [0.25, 0.3) is 11.4 Å². The molecule has 1 aliphatic carbocycles. The molecule has 1 fully saturated rings. The van der Waals surface area contributed by atoms with Crippen LogP contribution in [0.2, 0.25) is 0 Å². The fourth-order valence-electron chi connectivity index (χ4n) is 2.98. The molecule has 0 bridgehead atoms. The maximum absolute atomic E-state index is 12.0. The van der Waals surface area contributed by atoms with Gasteiger partial charge in [0.2, 0.25) is 11.1 Å². The zero-order valence-electron chi connectivity index (χ0n) is 14.6. The number of hydrogen-bond donors (Lipinski definition) is 3. The molecular formula is C17H22N6O2S. The molecule has 26 heavy (non-hydrogen) atoms. The summed E-state index contributed by atoms with van der Waals surface area (Å²) in [6.07, 6.45) is 7.73. The molecule has 1 saturated carbocycles. The number of nitrogens with one attached hydrogen (secondary N) is 3. The van der Waals surface area contributed by atoms with Crippen molar-refractivity contribution < 1.29 is 9.59 Å². The lowest BCUT2D eigenvalue weighted by Gasteiger charge is -2.29. The molecule has 0 saturated heterocycles. The van der Waals surface area contributed by atoms with Crippen LogP contribution in [0.1, 0.15) is 32.6 Å². The fraction of sp³-hybridized carbons (Fsp3) is 0.471. The van der Waals surface area contributed by atoms with Gasteiger partial charge in [-0.25, -0.2) is 9.78 Å². The molecule has 2 aromatic rings. The maximum Gasteiger partial charge on any atom is 0.321 e. The van der Waals surface area contributed by atoms with Crippen molar-refractivity contribution in [1.82, 2.24) is 30.8 Å². The molecule has 0 spiro atoms. The SMILES string of the molecule is C[C@H]1CCCC[C@H]1NC(=O)NC(=O)CSc1n[nH]c(-c2ccncc2)n1. The van der Waals surface area contributed by atoms with Crippen molar-refractivity contribution >= 4 is 23.7 Å². The third-order valence-electron chi connectivity index (χ3n) is 4.43. The minimum atomic E-state index is -0.429. The zero-order chi connectivity index (χ0) is 18.4. The van der Waals surface area contributed by atoms with Crippen molar-refractivity contribution in [2.75, 3.05) is 5.75 Å². The highest BCUT2D eigenvalue weighted by atomic mass is 32.2. The van der Waals surface area contributed by atoms with Crippen LogP contribution >= 0.6 is 11.8 Å². The van der Waals surface area contributed by atoms with Gasteiger partial charge in [0.15, 0.2) is 5.82 Å². The predicted octanol–water partition coefficient (Wildman–Crippen LogP) is 2.36. The topological polar surface area (TPSA) is 113 Å². The van der Waals surface area contributed by atoms with E-state index in [2.05, 4.69) is 37.7 Å². The Hall–Kier alpha value is -2.42. The van der Waals surface area contributed by atoms with E-state index in [1.807, 2.05) is 12.1 Å². The van der Waals surface area contributed by atoms with Gasteiger partial charge in [-0.1, -0.05) is 31.5 Å². The first-order valence-electron chi connectivity index (χ1n) is 8.68. The van der Waals surface area contributed by atoms with E-state index in [9.17, 15) is 9.59 Å². The van der Waals surface area contributed by atoms with Crippen LogP contribution in [-0.4, -0.2) is 43.9 Å². The number of aromatic nitrogens is 4. The predicted molar refractivity (Wildman–Crippen MR) is 98.4 cm³/mol. The van der Waals surface area contributed by atoms with Crippen LogP contribution < -0.4 is 10.6 Å². The van der Waals surface area contributed by atoms with Gasteiger partial charge in [-0.05, 0) is 30.9 Å². The van der Waals surface area contributed by atoms with E-state index in [0.717, 1.165) is 24.8 Å². The highest BCUT2D eigenvalue weighted by Gasteiger charge is 2.23. The van der Waals surface area contributed by atoms with Gasteiger partial charge in [0.25, 0.3) is 0 Å². The lowest BCUT2D eigenvalue weighted by Crippen LogP contribution is -2.48. The summed E-state index contributed by atoms with van der Waals surface area (Å²) in [6.45, 7) is 2.13. The number of hydrogen-bond acceptors (Lipinski definition) is 6. The number of nitrogens with zero attached hydrogens (tertiary/aromatic N) is 3.